The Labute approximate surface area is 260 Å². The molecule has 1 saturated carbocycles. The second-order valence-electron chi connectivity index (χ2n) is 11.9. The maximum absolute atomic E-state index is 13.7. The minimum Gasteiger partial charge on any atom is -0.497 e. The Balaban J connectivity index is 1.01. The van der Waals surface area contributed by atoms with Crippen molar-refractivity contribution in [2.24, 2.45) is 5.92 Å². The van der Waals surface area contributed by atoms with E-state index in [0.717, 1.165) is 48.4 Å². The first kappa shape index (κ1) is 29.6. The lowest BCUT2D eigenvalue weighted by Crippen LogP contribution is -2.39. The predicted molar refractivity (Wildman–Crippen MR) is 176 cm³/mol. The van der Waals surface area contributed by atoms with E-state index in [1.54, 1.807) is 12.0 Å². The van der Waals surface area contributed by atoms with Gasteiger partial charge in [-0.3, -0.25) is 9.59 Å². The van der Waals surface area contributed by atoms with Gasteiger partial charge in [0.05, 0.1) is 7.11 Å². The highest BCUT2D eigenvalue weighted by Gasteiger charge is 2.39. The molecule has 1 aliphatic heterocycles. The molecule has 1 saturated heterocycles. The van der Waals surface area contributed by atoms with Crippen LogP contribution in [0.4, 0.5) is 5.69 Å². The Morgan fingerprint density at radius 2 is 1.52 bits per heavy atom. The summed E-state index contributed by atoms with van der Waals surface area (Å²) in [5.74, 6) is 0.613. The molecular formula is C38H41N3O3. The minimum atomic E-state index is -0.654. The maximum atomic E-state index is 13.7. The van der Waals surface area contributed by atoms with Crippen LogP contribution in [0.25, 0.3) is 11.1 Å². The van der Waals surface area contributed by atoms with E-state index in [0.29, 0.717) is 38.0 Å². The smallest absolute Gasteiger partial charge is 0.239 e. The van der Waals surface area contributed by atoms with Crippen molar-refractivity contribution in [2.45, 2.75) is 44.2 Å². The monoisotopic (exact) mass is 587 g/mol. The van der Waals surface area contributed by atoms with E-state index in [1.807, 2.05) is 77.7 Å². The Bertz CT molecular complexity index is 1540. The van der Waals surface area contributed by atoms with Crippen LogP contribution in [0.15, 0.2) is 109 Å². The molecule has 226 valence electrons. The number of amides is 2. The zero-order valence-corrected chi connectivity index (χ0v) is 25.4. The number of carbonyl (C=O) groups is 2. The lowest BCUT2D eigenvalue weighted by Gasteiger charge is -2.23. The van der Waals surface area contributed by atoms with Gasteiger partial charge >= 0.3 is 0 Å². The number of hydrogen-bond donors (Lipinski definition) is 1. The zero-order valence-electron chi connectivity index (χ0n) is 25.4. The topological polar surface area (TPSA) is 61.9 Å². The van der Waals surface area contributed by atoms with E-state index in [-0.39, 0.29) is 11.8 Å². The molecule has 4 aromatic carbocycles. The van der Waals surface area contributed by atoms with Crippen LogP contribution in [0.1, 0.15) is 42.7 Å². The fourth-order valence-electron chi connectivity index (χ4n) is 6.30. The molecule has 1 heterocycles. The third-order valence-electron chi connectivity index (χ3n) is 8.91. The summed E-state index contributed by atoms with van der Waals surface area (Å²) >= 11 is 0. The van der Waals surface area contributed by atoms with Gasteiger partial charge in [0.2, 0.25) is 11.8 Å². The fourth-order valence-corrected chi connectivity index (χ4v) is 6.30. The summed E-state index contributed by atoms with van der Waals surface area (Å²) < 4.78 is 5.37. The van der Waals surface area contributed by atoms with E-state index < -0.39 is 5.92 Å². The fraction of sp³-hybridized carbons (Fsp3) is 0.316. The highest BCUT2D eigenvalue weighted by atomic mass is 16.5. The second-order valence-corrected chi connectivity index (χ2v) is 11.9. The molecule has 1 aliphatic carbocycles. The van der Waals surface area contributed by atoms with Crippen LogP contribution in [-0.4, -0.2) is 49.5 Å². The molecular weight excluding hydrogens is 546 g/mol. The summed E-state index contributed by atoms with van der Waals surface area (Å²) in [4.78, 5) is 31.1. The number of carbonyl (C=O) groups excluding carboxylic acids is 2. The minimum absolute atomic E-state index is 0.0510. The summed E-state index contributed by atoms with van der Waals surface area (Å²) in [6.45, 7) is 2.44. The highest BCUT2D eigenvalue weighted by Crippen LogP contribution is 2.41. The Kier molecular flexibility index (Phi) is 9.37. The molecule has 4 aromatic rings. The molecule has 1 unspecified atom stereocenters. The summed E-state index contributed by atoms with van der Waals surface area (Å²) in [5, 5.41) is 3.71. The van der Waals surface area contributed by atoms with Gasteiger partial charge in [0.15, 0.2) is 0 Å². The van der Waals surface area contributed by atoms with Crippen molar-refractivity contribution in [3.63, 3.8) is 0 Å². The number of anilines is 1. The Hall–Kier alpha value is -4.42. The normalized spacial score (nSPS) is 20.0. The van der Waals surface area contributed by atoms with Gasteiger partial charge in [0.1, 0.15) is 11.7 Å². The second kappa shape index (κ2) is 13.9. The molecule has 2 aliphatic rings. The predicted octanol–water partition coefficient (Wildman–Crippen LogP) is 6.67. The number of methoxy groups -OCH3 is 1. The van der Waals surface area contributed by atoms with Crippen LogP contribution in [0.2, 0.25) is 0 Å². The molecule has 6 heteroatoms. The molecule has 6 rings (SSSR count). The van der Waals surface area contributed by atoms with Gasteiger partial charge in [-0.05, 0) is 72.3 Å². The largest absolute Gasteiger partial charge is 0.497 e. The average molecular weight is 588 g/mol. The van der Waals surface area contributed by atoms with Gasteiger partial charge in [-0.2, -0.15) is 0 Å². The first-order valence-electron chi connectivity index (χ1n) is 15.8. The molecule has 0 spiro atoms. The number of rotatable bonds is 12. The molecule has 0 radical (unpaired) electrons. The average Bonchev–Trinajstić information content (AvgIpc) is 3.87. The first-order valence-corrected chi connectivity index (χ1v) is 15.8. The number of benzene rings is 4. The number of para-hydroxylation sites is 1. The molecule has 2 fully saturated rings. The summed E-state index contributed by atoms with van der Waals surface area (Å²) in [6.07, 6.45) is 3.45. The molecule has 3 atom stereocenters. The van der Waals surface area contributed by atoms with Crippen molar-refractivity contribution >= 4 is 17.5 Å². The first-order chi connectivity index (χ1) is 21.6. The standard InChI is InChI=1S/C38H41N3O3/c1-44-33-16-10-13-31(25-33)29-18-20-30(21-19-29)35-26-36(35)39-22-9-8-17-34-37(42)40(27-28-11-4-2-5-12-28)23-24-41(38(34)43)32-14-6-3-7-15-32/h2-7,10-16,18-21,25,34-36,39H,8-9,17,22-24,26-27H2,1H3/t34?,35-,36+/m0/s1. The lowest BCUT2D eigenvalue weighted by atomic mass is 9.98. The quantitative estimate of drug-likeness (QED) is 0.149. The van der Waals surface area contributed by atoms with E-state index in [1.165, 1.54) is 11.1 Å². The SMILES string of the molecule is COc1cccc(-c2ccc([C@@H]3C[C@H]3NCCCCC3C(=O)N(Cc4ccccc4)CCN(c4ccccc4)C3=O)cc2)c1. The van der Waals surface area contributed by atoms with E-state index in [2.05, 4.69) is 41.7 Å². The Morgan fingerprint density at radius 1 is 0.773 bits per heavy atom. The number of nitrogens with one attached hydrogen (secondary N) is 1. The highest BCUT2D eigenvalue weighted by molar-refractivity contribution is 6.08. The third-order valence-corrected chi connectivity index (χ3v) is 8.91. The lowest BCUT2D eigenvalue weighted by molar-refractivity contribution is -0.140. The van der Waals surface area contributed by atoms with Gasteiger partial charge in [-0.25, -0.2) is 0 Å². The molecule has 0 aromatic heterocycles. The molecule has 1 N–H and O–H groups in total. The van der Waals surface area contributed by atoms with E-state index in [9.17, 15) is 9.59 Å². The van der Waals surface area contributed by atoms with Crippen molar-refractivity contribution in [1.29, 1.82) is 0 Å². The van der Waals surface area contributed by atoms with E-state index in [4.69, 9.17) is 4.74 Å². The molecule has 2 amide bonds. The summed E-state index contributed by atoms with van der Waals surface area (Å²) in [5.41, 5.74) is 5.65. The maximum Gasteiger partial charge on any atom is 0.239 e. The zero-order chi connectivity index (χ0) is 30.3. The van der Waals surface area contributed by atoms with Gasteiger partial charge in [-0.1, -0.05) is 91.3 Å². The van der Waals surface area contributed by atoms with Crippen molar-refractivity contribution in [1.82, 2.24) is 10.2 Å². The van der Waals surface area contributed by atoms with Crippen LogP contribution >= 0.6 is 0 Å². The van der Waals surface area contributed by atoms with Crippen molar-refractivity contribution in [2.75, 3.05) is 31.6 Å². The van der Waals surface area contributed by atoms with Gasteiger partial charge < -0.3 is 19.9 Å². The summed E-state index contributed by atoms with van der Waals surface area (Å²) in [7, 11) is 1.69. The molecule has 0 bridgehead atoms. The van der Waals surface area contributed by atoms with Gasteiger partial charge in [-0.15, -0.1) is 0 Å². The van der Waals surface area contributed by atoms with E-state index >= 15 is 0 Å². The van der Waals surface area contributed by atoms with Crippen molar-refractivity contribution in [3.8, 4) is 16.9 Å². The van der Waals surface area contributed by atoms with Crippen LogP contribution in [0, 0.1) is 5.92 Å². The number of hydrogen-bond acceptors (Lipinski definition) is 4. The number of nitrogens with zero attached hydrogens (tertiary/aromatic N) is 2. The number of unbranched alkanes of at least 4 members (excludes halogenated alkanes) is 1. The molecule has 44 heavy (non-hydrogen) atoms. The number of ether oxygens (including phenoxy) is 1. The van der Waals surface area contributed by atoms with Gasteiger partial charge in [0.25, 0.3) is 0 Å². The van der Waals surface area contributed by atoms with Crippen LogP contribution in [0.3, 0.4) is 0 Å². The molecule has 6 nitrogen and oxygen atoms in total. The third kappa shape index (κ3) is 7.03. The summed E-state index contributed by atoms with van der Waals surface area (Å²) in [6, 6.07) is 37.3. The van der Waals surface area contributed by atoms with Crippen molar-refractivity contribution in [3.05, 3.63) is 120 Å². The van der Waals surface area contributed by atoms with Gasteiger partial charge in [0, 0.05) is 37.3 Å². The van der Waals surface area contributed by atoms with Crippen LogP contribution < -0.4 is 15.0 Å². The van der Waals surface area contributed by atoms with Crippen LogP contribution in [0.5, 0.6) is 5.75 Å². The van der Waals surface area contributed by atoms with Crippen LogP contribution in [-0.2, 0) is 16.1 Å². The Morgan fingerprint density at radius 3 is 2.27 bits per heavy atom. The van der Waals surface area contributed by atoms with Crippen molar-refractivity contribution < 1.29 is 14.3 Å².